The molecule has 2 rings (SSSR count). The first kappa shape index (κ1) is 20.6. The first-order chi connectivity index (χ1) is 13.1. The van der Waals surface area contributed by atoms with E-state index in [1.807, 2.05) is 12.2 Å². The van der Waals surface area contributed by atoms with E-state index in [4.69, 9.17) is 9.47 Å². The molecule has 0 radical (unpaired) electrons. The Kier molecular flexibility index (Phi) is 7.48. The van der Waals surface area contributed by atoms with E-state index in [1.165, 1.54) is 6.07 Å². The number of phenolic OH excluding ortho intramolecular Hbond substituents is 1. The standard InChI is InChI=1S/C22H26O5/c1-3-26-20(24)22(21(25)27-4-2,18-12-7-5-6-8-13-18)16-15-17-11-9-10-14-19(17)23/h7,9-12,14,18,23H,3-6,8,13H2,1-2H3. The lowest BCUT2D eigenvalue weighted by molar-refractivity contribution is -0.170. The summed E-state index contributed by atoms with van der Waals surface area (Å²) in [6, 6.07) is 6.54. The normalized spacial score (nSPS) is 16.6. The maximum atomic E-state index is 13.0. The fourth-order valence-corrected chi connectivity index (χ4v) is 3.16. The third-order valence-corrected chi connectivity index (χ3v) is 4.55. The van der Waals surface area contributed by atoms with Crippen LogP contribution in [0, 0.1) is 23.2 Å². The van der Waals surface area contributed by atoms with Crippen LogP contribution in [0.15, 0.2) is 36.4 Å². The molecule has 0 aliphatic heterocycles. The summed E-state index contributed by atoms with van der Waals surface area (Å²) in [6.07, 6.45) is 7.24. The number of esters is 2. The Hall–Kier alpha value is -2.74. The maximum Gasteiger partial charge on any atom is 0.336 e. The van der Waals surface area contributed by atoms with Gasteiger partial charge in [-0.15, -0.1) is 0 Å². The number of rotatable bonds is 5. The van der Waals surface area contributed by atoms with Crippen LogP contribution < -0.4 is 0 Å². The highest BCUT2D eigenvalue weighted by Gasteiger charge is 2.53. The van der Waals surface area contributed by atoms with Crippen molar-refractivity contribution in [3.8, 4) is 17.6 Å². The van der Waals surface area contributed by atoms with Gasteiger partial charge in [-0.1, -0.05) is 42.5 Å². The van der Waals surface area contributed by atoms with Gasteiger partial charge in [-0.05, 0) is 45.2 Å². The molecule has 0 heterocycles. The van der Waals surface area contributed by atoms with Gasteiger partial charge in [-0.2, -0.15) is 0 Å². The summed E-state index contributed by atoms with van der Waals surface area (Å²) >= 11 is 0. The number of phenols is 1. The molecule has 5 heteroatoms. The number of hydrogen-bond donors (Lipinski definition) is 1. The highest BCUT2D eigenvalue weighted by atomic mass is 16.6. The maximum absolute atomic E-state index is 13.0. The van der Waals surface area contributed by atoms with Crippen molar-refractivity contribution in [2.75, 3.05) is 13.2 Å². The number of aromatic hydroxyl groups is 1. The van der Waals surface area contributed by atoms with Gasteiger partial charge in [0.15, 0.2) is 0 Å². The zero-order valence-electron chi connectivity index (χ0n) is 15.9. The van der Waals surface area contributed by atoms with E-state index in [0.29, 0.717) is 12.0 Å². The Bertz CT molecular complexity index is 735. The van der Waals surface area contributed by atoms with Gasteiger partial charge in [0.05, 0.1) is 18.8 Å². The van der Waals surface area contributed by atoms with Crippen LogP contribution >= 0.6 is 0 Å². The highest BCUT2D eigenvalue weighted by Crippen LogP contribution is 2.37. The van der Waals surface area contributed by atoms with Crippen LogP contribution in [0.1, 0.15) is 45.1 Å². The Morgan fingerprint density at radius 1 is 1.15 bits per heavy atom. The molecule has 1 unspecified atom stereocenters. The van der Waals surface area contributed by atoms with Crippen LogP contribution in [0.5, 0.6) is 5.75 Å². The van der Waals surface area contributed by atoms with Gasteiger partial charge < -0.3 is 14.6 Å². The van der Waals surface area contributed by atoms with Crippen molar-refractivity contribution in [1.82, 2.24) is 0 Å². The van der Waals surface area contributed by atoms with Gasteiger partial charge in [-0.25, -0.2) is 9.59 Å². The van der Waals surface area contributed by atoms with Gasteiger partial charge in [0.2, 0.25) is 5.41 Å². The van der Waals surface area contributed by atoms with Crippen molar-refractivity contribution in [3.05, 3.63) is 42.0 Å². The van der Waals surface area contributed by atoms with Crippen LogP contribution in [0.2, 0.25) is 0 Å². The zero-order chi connectivity index (χ0) is 19.7. The molecule has 0 bridgehead atoms. The van der Waals surface area contributed by atoms with E-state index in [0.717, 1.165) is 19.3 Å². The van der Waals surface area contributed by atoms with Crippen molar-refractivity contribution < 1.29 is 24.2 Å². The Labute approximate surface area is 160 Å². The van der Waals surface area contributed by atoms with Crippen molar-refractivity contribution in [2.24, 2.45) is 11.3 Å². The van der Waals surface area contributed by atoms with Crippen LogP contribution in [0.4, 0.5) is 0 Å². The Morgan fingerprint density at radius 2 is 1.81 bits per heavy atom. The molecule has 1 aliphatic rings. The van der Waals surface area contributed by atoms with E-state index >= 15 is 0 Å². The summed E-state index contributed by atoms with van der Waals surface area (Å²) < 4.78 is 10.5. The van der Waals surface area contributed by atoms with E-state index in [9.17, 15) is 14.7 Å². The SMILES string of the molecule is CCOC(=O)C(C#Cc1ccccc1O)(C(=O)OCC)C1C=CCCCC1. The number of carbonyl (C=O) groups is 2. The molecule has 0 aromatic heterocycles. The van der Waals surface area contributed by atoms with Crippen LogP contribution in [0.25, 0.3) is 0 Å². The lowest BCUT2D eigenvalue weighted by Crippen LogP contribution is -2.46. The molecule has 0 saturated heterocycles. The predicted octanol–water partition coefficient (Wildman–Crippen LogP) is 3.60. The quantitative estimate of drug-likeness (QED) is 0.371. The first-order valence-corrected chi connectivity index (χ1v) is 9.38. The fourth-order valence-electron chi connectivity index (χ4n) is 3.16. The molecule has 144 valence electrons. The minimum atomic E-state index is -1.75. The molecule has 27 heavy (non-hydrogen) atoms. The molecule has 0 fully saturated rings. The topological polar surface area (TPSA) is 72.8 Å². The molecule has 0 saturated carbocycles. The summed E-state index contributed by atoms with van der Waals surface area (Å²) in [5.74, 6) is 3.79. The summed E-state index contributed by atoms with van der Waals surface area (Å²) in [7, 11) is 0. The lowest BCUT2D eigenvalue weighted by Gasteiger charge is -2.30. The second-order valence-electron chi connectivity index (χ2n) is 6.34. The van der Waals surface area contributed by atoms with Crippen molar-refractivity contribution in [3.63, 3.8) is 0 Å². The summed E-state index contributed by atoms with van der Waals surface area (Å²) in [6.45, 7) is 3.64. The number of allylic oxidation sites excluding steroid dienone is 2. The highest BCUT2D eigenvalue weighted by molar-refractivity contribution is 6.04. The van der Waals surface area contributed by atoms with Crippen molar-refractivity contribution >= 4 is 11.9 Å². The largest absolute Gasteiger partial charge is 0.507 e. The number of benzene rings is 1. The number of carbonyl (C=O) groups excluding carboxylic acids is 2. The monoisotopic (exact) mass is 370 g/mol. The van der Waals surface area contributed by atoms with Gasteiger partial charge in [0.1, 0.15) is 5.75 Å². The molecule has 1 aromatic carbocycles. The molecule has 1 aliphatic carbocycles. The second-order valence-corrected chi connectivity index (χ2v) is 6.34. The zero-order valence-corrected chi connectivity index (χ0v) is 15.9. The minimum Gasteiger partial charge on any atom is -0.507 e. The van der Waals surface area contributed by atoms with E-state index in [1.54, 1.807) is 32.0 Å². The molecule has 1 atom stereocenters. The molecule has 0 spiro atoms. The number of para-hydroxylation sites is 1. The summed E-state index contributed by atoms with van der Waals surface area (Å²) in [4.78, 5) is 26.0. The van der Waals surface area contributed by atoms with E-state index in [2.05, 4.69) is 11.8 Å². The van der Waals surface area contributed by atoms with Crippen LogP contribution in [-0.4, -0.2) is 30.3 Å². The van der Waals surface area contributed by atoms with Gasteiger partial charge in [-0.3, -0.25) is 0 Å². The van der Waals surface area contributed by atoms with E-state index < -0.39 is 23.3 Å². The smallest absolute Gasteiger partial charge is 0.336 e. The molecule has 0 amide bonds. The number of ether oxygens (including phenoxy) is 2. The Balaban J connectivity index is 2.61. The third-order valence-electron chi connectivity index (χ3n) is 4.55. The third kappa shape index (κ3) is 4.71. The van der Waals surface area contributed by atoms with Gasteiger partial charge in [0.25, 0.3) is 0 Å². The van der Waals surface area contributed by atoms with Crippen LogP contribution in [-0.2, 0) is 19.1 Å². The number of hydrogen-bond acceptors (Lipinski definition) is 5. The minimum absolute atomic E-state index is 0.0111. The molecular formula is C22H26O5. The average Bonchev–Trinajstić information content (AvgIpc) is 2.94. The molecule has 5 nitrogen and oxygen atoms in total. The summed E-state index contributed by atoms with van der Waals surface area (Å²) in [5, 5.41) is 10.00. The molecule has 1 N–H and O–H groups in total. The van der Waals surface area contributed by atoms with Crippen LogP contribution in [0.3, 0.4) is 0 Å². The summed E-state index contributed by atoms with van der Waals surface area (Å²) in [5.41, 5.74) is -1.41. The van der Waals surface area contributed by atoms with E-state index in [-0.39, 0.29) is 19.0 Å². The van der Waals surface area contributed by atoms with Gasteiger partial charge >= 0.3 is 11.9 Å². The fraction of sp³-hybridized carbons (Fsp3) is 0.455. The molecular weight excluding hydrogens is 344 g/mol. The lowest BCUT2D eigenvalue weighted by atomic mass is 9.73. The first-order valence-electron chi connectivity index (χ1n) is 9.38. The van der Waals surface area contributed by atoms with Crippen molar-refractivity contribution in [1.29, 1.82) is 0 Å². The second kappa shape index (κ2) is 9.82. The van der Waals surface area contributed by atoms with Gasteiger partial charge in [0, 0.05) is 5.92 Å². The molecule has 1 aromatic rings. The predicted molar refractivity (Wildman–Crippen MR) is 102 cm³/mol. The Morgan fingerprint density at radius 3 is 2.44 bits per heavy atom. The average molecular weight is 370 g/mol. The van der Waals surface area contributed by atoms with Crippen molar-refractivity contribution in [2.45, 2.75) is 39.5 Å².